The molecule has 0 aliphatic rings. The molecule has 0 aromatic heterocycles. The lowest BCUT2D eigenvalue weighted by atomic mass is 10.1. The van der Waals surface area contributed by atoms with Crippen molar-refractivity contribution in [3.63, 3.8) is 0 Å². The summed E-state index contributed by atoms with van der Waals surface area (Å²) in [6.07, 6.45) is 0.881. The molecule has 27 heavy (non-hydrogen) atoms. The highest BCUT2D eigenvalue weighted by molar-refractivity contribution is 5.79. The van der Waals surface area contributed by atoms with Crippen LogP contribution >= 0.6 is 0 Å². The van der Waals surface area contributed by atoms with Crippen molar-refractivity contribution in [1.82, 2.24) is 10.6 Å². The monoisotopic (exact) mass is 368 g/mol. The fourth-order valence-electron chi connectivity index (χ4n) is 2.52. The van der Waals surface area contributed by atoms with Crippen LogP contribution in [0.4, 0.5) is 4.39 Å². The van der Waals surface area contributed by atoms with E-state index in [0.29, 0.717) is 36.8 Å². The zero-order valence-corrected chi connectivity index (χ0v) is 15.7. The maximum Gasteiger partial charge on any atom is 0.191 e. The van der Waals surface area contributed by atoms with Crippen molar-refractivity contribution in [2.75, 3.05) is 20.2 Å². The molecule has 2 N–H and O–H groups in total. The Hall–Kier alpha value is -2.91. The van der Waals surface area contributed by atoms with E-state index in [1.165, 1.54) is 6.07 Å². The molecule has 0 aliphatic carbocycles. The van der Waals surface area contributed by atoms with E-state index in [-0.39, 0.29) is 6.10 Å². The first-order valence-electron chi connectivity index (χ1n) is 8.93. The molecule has 0 radical (unpaired) electrons. The Kier molecular flexibility index (Phi) is 8.27. The average molecular weight is 368 g/mol. The van der Waals surface area contributed by atoms with E-state index >= 15 is 0 Å². The summed E-state index contributed by atoms with van der Waals surface area (Å²) in [6, 6.07) is 16.5. The Morgan fingerprint density at radius 1 is 1.22 bits per heavy atom. The largest absolute Gasteiger partial charge is 0.374 e. The summed E-state index contributed by atoms with van der Waals surface area (Å²) in [5.74, 6) is 0.190. The van der Waals surface area contributed by atoms with E-state index < -0.39 is 5.82 Å². The third-order valence-corrected chi connectivity index (χ3v) is 4.10. The van der Waals surface area contributed by atoms with Gasteiger partial charge >= 0.3 is 0 Å². The first-order chi connectivity index (χ1) is 13.1. The van der Waals surface area contributed by atoms with E-state index in [0.717, 1.165) is 12.0 Å². The summed E-state index contributed by atoms with van der Waals surface area (Å²) >= 11 is 0. The summed E-state index contributed by atoms with van der Waals surface area (Å²) in [4.78, 5) is 4.13. The highest BCUT2D eigenvalue weighted by Gasteiger charge is 2.06. The van der Waals surface area contributed by atoms with Crippen molar-refractivity contribution >= 4 is 5.96 Å². The zero-order valence-electron chi connectivity index (χ0n) is 15.7. The predicted molar refractivity (Wildman–Crippen MR) is 105 cm³/mol. The Balaban J connectivity index is 1.68. The second kappa shape index (κ2) is 10.9. The highest BCUT2D eigenvalue weighted by Crippen LogP contribution is 2.15. The number of halogens is 1. The summed E-state index contributed by atoms with van der Waals surface area (Å²) in [5, 5.41) is 15.0. The number of benzene rings is 2. The van der Waals surface area contributed by atoms with Crippen LogP contribution in [0.2, 0.25) is 0 Å². The van der Waals surface area contributed by atoms with Gasteiger partial charge in [-0.05, 0) is 31.0 Å². The third kappa shape index (κ3) is 6.72. The fraction of sp³-hybridized carbons (Fsp3) is 0.333. The highest BCUT2D eigenvalue weighted by atomic mass is 19.1. The van der Waals surface area contributed by atoms with Gasteiger partial charge in [-0.2, -0.15) is 5.26 Å². The van der Waals surface area contributed by atoms with E-state index in [1.54, 1.807) is 19.2 Å². The second-order valence-electron chi connectivity index (χ2n) is 6.05. The summed E-state index contributed by atoms with van der Waals surface area (Å²) in [6.45, 7) is 3.65. The van der Waals surface area contributed by atoms with Crippen LogP contribution in [0.3, 0.4) is 0 Å². The Morgan fingerprint density at radius 3 is 2.67 bits per heavy atom. The molecule has 0 heterocycles. The maximum absolute atomic E-state index is 13.9. The van der Waals surface area contributed by atoms with Gasteiger partial charge in [-0.3, -0.25) is 4.99 Å². The van der Waals surface area contributed by atoms with Crippen molar-refractivity contribution in [3.05, 3.63) is 71.0 Å². The first-order valence-corrected chi connectivity index (χ1v) is 8.93. The zero-order chi connectivity index (χ0) is 19.5. The van der Waals surface area contributed by atoms with E-state index in [2.05, 4.69) is 27.8 Å². The summed E-state index contributed by atoms with van der Waals surface area (Å²) < 4.78 is 19.7. The van der Waals surface area contributed by atoms with E-state index in [9.17, 15) is 4.39 Å². The first kappa shape index (κ1) is 20.4. The number of aliphatic imine (C=N–C) groups is 1. The van der Waals surface area contributed by atoms with Gasteiger partial charge < -0.3 is 15.4 Å². The van der Waals surface area contributed by atoms with Crippen molar-refractivity contribution in [3.8, 4) is 6.07 Å². The van der Waals surface area contributed by atoms with Crippen LogP contribution in [-0.2, 0) is 11.3 Å². The molecule has 6 heteroatoms. The minimum absolute atomic E-state index is 0.0583. The Morgan fingerprint density at radius 2 is 2.00 bits per heavy atom. The molecule has 2 rings (SSSR count). The van der Waals surface area contributed by atoms with Gasteiger partial charge in [-0.1, -0.05) is 36.4 Å². The standard InChI is InChI=1S/C21H25FN4O/c1-16(18-7-4-3-5-8-18)27-12-6-11-25-21(24-2)26-15-19-10-9-17(14-23)13-20(19)22/h3-5,7-10,13,16H,6,11-12,15H2,1-2H3,(H2,24,25,26). The van der Waals surface area contributed by atoms with Crippen LogP contribution in [0.15, 0.2) is 53.5 Å². The van der Waals surface area contributed by atoms with Crippen LogP contribution in [0.5, 0.6) is 0 Å². The average Bonchev–Trinajstić information content (AvgIpc) is 2.71. The van der Waals surface area contributed by atoms with Gasteiger partial charge in [0.2, 0.25) is 0 Å². The van der Waals surface area contributed by atoms with Gasteiger partial charge in [0, 0.05) is 32.3 Å². The topological polar surface area (TPSA) is 69.4 Å². The molecular weight excluding hydrogens is 343 g/mol. The molecule has 0 saturated heterocycles. The minimum atomic E-state index is -0.402. The lowest BCUT2D eigenvalue weighted by Crippen LogP contribution is -2.37. The molecule has 0 amide bonds. The molecule has 0 aliphatic heterocycles. The van der Waals surface area contributed by atoms with Gasteiger partial charge in [0.1, 0.15) is 5.82 Å². The smallest absolute Gasteiger partial charge is 0.191 e. The van der Waals surface area contributed by atoms with Gasteiger partial charge in [0.05, 0.1) is 17.7 Å². The minimum Gasteiger partial charge on any atom is -0.374 e. The van der Waals surface area contributed by atoms with Gasteiger partial charge in [-0.25, -0.2) is 4.39 Å². The van der Waals surface area contributed by atoms with Crippen molar-refractivity contribution in [1.29, 1.82) is 5.26 Å². The molecular formula is C21H25FN4O. The molecule has 142 valence electrons. The summed E-state index contributed by atoms with van der Waals surface area (Å²) in [7, 11) is 1.67. The lowest BCUT2D eigenvalue weighted by Gasteiger charge is -2.15. The molecule has 5 nitrogen and oxygen atoms in total. The molecule has 1 unspecified atom stereocenters. The number of nitriles is 1. The SMILES string of the molecule is CN=C(NCCCOC(C)c1ccccc1)NCc1ccc(C#N)cc1F. The van der Waals surface area contributed by atoms with Crippen LogP contribution in [0.25, 0.3) is 0 Å². The van der Waals surface area contributed by atoms with Crippen LogP contribution in [-0.4, -0.2) is 26.2 Å². The Labute approximate surface area is 159 Å². The predicted octanol–water partition coefficient (Wildman–Crippen LogP) is 3.53. The van der Waals surface area contributed by atoms with Crippen molar-refractivity contribution in [2.24, 2.45) is 4.99 Å². The van der Waals surface area contributed by atoms with Gasteiger partial charge in [-0.15, -0.1) is 0 Å². The van der Waals surface area contributed by atoms with Gasteiger partial charge in [0.15, 0.2) is 5.96 Å². The van der Waals surface area contributed by atoms with Crippen LogP contribution in [0, 0.1) is 17.1 Å². The van der Waals surface area contributed by atoms with Crippen LogP contribution in [0.1, 0.15) is 36.1 Å². The number of hydrogen-bond donors (Lipinski definition) is 2. The van der Waals surface area contributed by atoms with Crippen molar-refractivity contribution in [2.45, 2.75) is 26.0 Å². The summed E-state index contributed by atoms with van der Waals surface area (Å²) in [5.41, 5.74) is 1.95. The maximum atomic E-state index is 13.9. The third-order valence-electron chi connectivity index (χ3n) is 4.10. The number of guanidine groups is 1. The number of nitrogens with one attached hydrogen (secondary N) is 2. The van der Waals surface area contributed by atoms with Crippen LogP contribution < -0.4 is 10.6 Å². The molecule has 1 atom stereocenters. The number of rotatable bonds is 8. The van der Waals surface area contributed by atoms with Crippen molar-refractivity contribution < 1.29 is 9.13 Å². The molecule has 0 fully saturated rings. The quantitative estimate of drug-likeness (QED) is 0.425. The molecule has 2 aromatic rings. The fourth-order valence-corrected chi connectivity index (χ4v) is 2.52. The molecule has 0 saturated carbocycles. The second-order valence-corrected chi connectivity index (χ2v) is 6.05. The normalized spacial score (nSPS) is 12.3. The van der Waals surface area contributed by atoms with Gasteiger partial charge in [0.25, 0.3) is 0 Å². The Bertz CT molecular complexity index is 787. The number of hydrogen-bond acceptors (Lipinski definition) is 3. The molecule has 0 spiro atoms. The number of ether oxygens (including phenoxy) is 1. The number of nitrogens with zero attached hydrogens (tertiary/aromatic N) is 2. The lowest BCUT2D eigenvalue weighted by molar-refractivity contribution is 0.0646. The molecule has 0 bridgehead atoms. The molecule has 2 aromatic carbocycles. The van der Waals surface area contributed by atoms with E-state index in [4.69, 9.17) is 10.00 Å². The van der Waals surface area contributed by atoms with E-state index in [1.807, 2.05) is 31.2 Å².